The predicted octanol–water partition coefficient (Wildman–Crippen LogP) is 2.73. The van der Waals surface area contributed by atoms with Crippen LogP contribution in [0.15, 0.2) is 24.3 Å². The van der Waals surface area contributed by atoms with E-state index < -0.39 is 0 Å². The molecule has 1 fully saturated rings. The van der Waals surface area contributed by atoms with Crippen LogP contribution in [0.5, 0.6) is 0 Å². The average Bonchev–Trinajstić information content (AvgIpc) is 2.93. The van der Waals surface area contributed by atoms with Crippen LogP contribution in [0, 0.1) is 19.7 Å². The van der Waals surface area contributed by atoms with Crippen molar-refractivity contribution in [1.29, 1.82) is 0 Å². The third kappa shape index (κ3) is 4.57. The molecule has 27 heavy (non-hydrogen) atoms. The highest BCUT2D eigenvalue weighted by molar-refractivity contribution is 5.24. The molecule has 2 heterocycles. The largest absolute Gasteiger partial charge is 0.396 e. The fourth-order valence-electron chi connectivity index (χ4n) is 4.07. The van der Waals surface area contributed by atoms with Crippen LogP contribution in [0.2, 0.25) is 0 Å². The highest BCUT2D eigenvalue weighted by Crippen LogP contribution is 2.22. The second kappa shape index (κ2) is 8.95. The van der Waals surface area contributed by atoms with Crippen LogP contribution in [0.3, 0.4) is 0 Å². The molecule has 1 N–H and O–H groups in total. The third-order valence-corrected chi connectivity index (χ3v) is 5.69. The molecule has 3 rings (SSSR count). The van der Waals surface area contributed by atoms with Crippen molar-refractivity contribution < 1.29 is 9.50 Å². The highest BCUT2D eigenvalue weighted by atomic mass is 19.1. The number of halogens is 1. The molecule has 1 aliphatic rings. The van der Waals surface area contributed by atoms with E-state index in [2.05, 4.69) is 40.4 Å². The Morgan fingerprint density at radius 2 is 1.96 bits per heavy atom. The summed E-state index contributed by atoms with van der Waals surface area (Å²) in [6, 6.07) is 7.20. The lowest BCUT2D eigenvalue weighted by atomic mass is 10.1. The molecule has 1 aromatic heterocycles. The Labute approximate surface area is 161 Å². The van der Waals surface area contributed by atoms with E-state index in [1.165, 1.54) is 17.3 Å². The minimum atomic E-state index is -0.152. The zero-order valence-corrected chi connectivity index (χ0v) is 16.7. The van der Waals surface area contributed by atoms with Crippen molar-refractivity contribution in [3.8, 4) is 0 Å². The van der Waals surface area contributed by atoms with Gasteiger partial charge in [0, 0.05) is 68.7 Å². The topological polar surface area (TPSA) is 44.5 Å². The quantitative estimate of drug-likeness (QED) is 0.809. The molecule has 1 aliphatic heterocycles. The Morgan fingerprint density at radius 3 is 2.63 bits per heavy atom. The first-order valence-corrected chi connectivity index (χ1v) is 9.87. The molecule has 1 aromatic carbocycles. The van der Waals surface area contributed by atoms with E-state index in [9.17, 15) is 9.50 Å². The van der Waals surface area contributed by atoms with Gasteiger partial charge in [0.1, 0.15) is 5.82 Å². The second-order valence-corrected chi connectivity index (χ2v) is 7.43. The number of piperazine rings is 1. The van der Waals surface area contributed by atoms with Gasteiger partial charge in [0.05, 0.1) is 5.69 Å². The molecule has 5 nitrogen and oxygen atoms in total. The van der Waals surface area contributed by atoms with Gasteiger partial charge in [-0.25, -0.2) is 4.39 Å². The van der Waals surface area contributed by atoms with E-state index in [0.717, 1.165) is 44.0 Å². The molecular weight excluding hydrogens is 343 g/mol. The summed E-state index contributed by atoms with van der Waals surface area (Å²) < 4.78 is 16.1. The van der Waals surface area contributed by atoms with Crippen LogP contribution in [0.1, 0.15) is 35.9 Å². The molecule has 2 aromatic rings. The minimum Gasteiger partial charge on any atom is -0.396 e. The Bertz CT molecular complexity index is 761. The van der Waals surface area contributed by atoms with Gasteiger partial charge in [-0.05, 0) is 33.3 Å². The first kappa shape index (κ1) is 20.0. The lowest BCUT2D eigenvalue weighted by molar-refractivity contribution is 0.0491. The van der Waals surface area contributed by atoms with Crippen molar-refractivity contribution in [3.63, 3.8) is 0 Å². The zero-order valence-electron chi connectivity index (χ0n) is 16.7. The minimum absolute atomic E-state index is 0.151. The van der Waals surface area contributed by atoms with E-state index in [1.807, 2.05) is 12.1 Å². The first-order valence-electron chi connectivity index (χ1n) is 9.87. The van der Waals surface area contributed by atoms with Crippen molar-refractivity contribution in [2.24, 2.45) is 0 Å². The highest BCUT2D eigenvalue weighted by Gasteiger charge is 2.28. The average molecular weight is 375 g/mol. The van der Waals surface area contributed by atoms with Crippen LogP contribution in [-0.2, 0) is 19.6 Å². The van der Waals surface area contributed by atoms with Crippen molar-refractivity contribution >= 4 is 0 Å². The van der Waals surface area contributed by atoms with E-state index in [0.29, 0.717) is 13.0 Å². The number of aryl methyl sites for hydroxylation is 2. The van der Waals surface area contributed by atoms with Gasteiger partial charge in [-0.3, -0.25) is 14.5 Å². The fourth-order valence-corrected chi connectivity index (χ4v) is 4.07. The van der Waals surface area contributed by atoms with Gasteiger partial charge in [0.25, 0.3) is 0 Å². The van der Waals surface area contributed by atoms with Gasteiger partial charge in [0.2, 0.25) is 0 Å². The number of nitrogens with zero attached hydrogens (tertiary/aromatic N) is 4. The summed E-state index contributed by atoms with van der Waals surface area (Å²) in [5, 5.41) is 14.2. The fraction of sp³-hybridized carbons (Fsp3) is 0.571. The van der Waals surface area contributed by atoms with E-state index >= 15 is 0 Å². The maximum Gasteiger partial charge on any atom is 0.127 e. The Balaban J connectivity index is 1.69. The molecule has 1 atom stereocenters. The second-order valence-electron chi connectivity index (χ2n) is 7.43. The summed E-state index contributed by atoms with van der Waals surface area (Å²) in [6.45, 7) is 11.5. The molecule has 0 amide bonds. The summed E-state index contributed by atoms with van der Waals surface area (Å²) in [5.41, 5.74) is 4.37. The summed E-state index contributed by atoms with van der Waals surface area (Å²) in [7, 11) is 0. The molecule has 1 saturated heterocycles. The van der Waals surface area contributed by atoms with Crippen molar-refractivity contribution in [1.82, 2.24) is 19.6 Å². The Hall–Kier alpha value is -1.76. The smallest absolute Gasteiger partial charge is 0.127 e. The summed E-state index contributed by atoms with van der Waals surface area (Å²) >= 11 is 0. The van der Waals surface area contributed by atoms with E-state index in [4.69, 9.17) is 0 Å². The molecule has 0 saturated carbocycles. The molecular formula is C21H31FN4O. The number of aliphatic hydroxyl groups excluding tert-OH is 1. The zero-order chi connectivity index (χ0) is 19.4. The maximum atomic E-state index is 14.1. The van der Waals surface area contributed by atoms with Gasteiger partial charge in [0.15, 0.2) is 0 Å². The number of benzene rings is 1. The van der Waals surface area contributed by atoms with Gasteiger partial charge >= 0.3 is 0 Å². The van der Waals surface area contributed by atoms with Crippen molar-refractivity contribution in [2.45, 2.75) is 52.9 Å². The van der Waals surface area contributed by atoms with Gasteiger partial charge < -0.3 is 5.11 Å². The van der Waals surface area contributed by atoms with E-state index in [-0.39, 0.29) is 18.5 Å². The van der Waals surface area contributed by atoms with Crippen LogP contribution in [0.25, 0.3) is 0 Å². The molecule has 0 radical (unpaired) electrons. The molecule has 0 spiro atoms. The number of hydrogen-bond donors (Lipinski definition) is 1. The standard InChI is InChI=1S/C21H31FN4O/c1-4-26-17(3)20(16(2)23-26)15-24-10-11-25(19(14-24)9-12-27)13-18-7-5-6-8-21(18)22/h5-8,19,27H,4,9-15H2,1-3H3/t19-/m1/s1. The normalized spacial score (nSPS) is 18.9. The Kier molecular flexibility index (Phi) is 6.63. The molecule has 0 unspecified atom stereocenters. The molecule has 0 aliphatic carbocycles. The predicted molar refractivity (Wildman–Crippen MR) is 105 cm³/mol. The number of aromatic nitrogens is 2. The summed E-state index contributed by atoms with van der Waals surface area (Å²) in [6.07, 6.45) is 0.705. The van der Waals surface area contributed by atoms with Crippen LogP contribution in [0.4, 0.5) is 4.39 Å². The number of rotatable bonds is 7. The first-order chi connectivity index (χ1) is 13.0. The number of aliphatic hydroxyl groups is 1. The molecule has 6 heteroatoms. The van der Waals surface area contributed by atoms with Gasteiger partial charge in [-0.1, -0.05) is 18.2 Å². The summed E-state index contributed by atoms with van der Waals surface area (Å²) in [4.78, 5) is 4.75. The lowest BCUT2D eigenvalue weighted by Crippen LogP contribution is -2.52. The number of hydrogen-bond acceptors (Lipinski definition) is 4. The molecule has 148 valence electrons. The summed E-state index contributed by atoms with van der Waals surface area (Å²) in [5.74, 6) is -0.152. The monoisotopic (exact) mass is 374 g/mol. The Morgan fingerprint density at radius 1 is 1.19 bits per heavy atom. The van der Waals surface area contributed by atoms with Crippen molar-refractivity contribution in [2.75, 3.05) is 26.2 Å². The van der Waals surface area contributed by atoms with Crippen LogP contribution in [-0.4, -0.2) is 57.0 Å². The van der Waals surface area contributed by atoms with Crippen LogP contribution >= 0.6 is 0 Å². The SMILES string of the molecule is CCn1nc(C)c(CN2CCN(Cc3ccccc3F)[C@H](CCO)C2)c1C. The third-order valence-electron chi connectivity index (χ3n) is 5.69. The van der Waals surface area contributed by atoms with E-state index in [1.54, 1.807) is 6.07 Å². The van der Waals surface area contributed by atoms with Gasteiger partial charge in [-0.15, -0.1) is 0 Å². The van der Waals surface area contributed by atoms with Crippen LogP contribution < -0.4 is 0 Å². The van der Waals surface area contributed by atoms with Gasteiger partial charge in [-0.2, -0.15) is 5.10 Å². The maximum absolute atomic E-state index is 14.1. The van der Waals surface area contributed by atoms with Crippen molar-refractivity contribution in [3.05, 3.63) is 52.6 Å². The lowest BCUT2D eigenvalue weighted by Gasteiger charge is -2.41. The molecule has 0 bridgehead atoms.